The number of pyridine rings is 2. The van der Waals surface area contributed by atoms with Gasteiger partial charge in [0.1, 0.15) is 11.3 Å². The van der Waals surface area contributed by atoms with Crippen LogP contribution in [0.2, 0.25) is 0 Å². The summed E-state index contributed by atoms with van der Waals surface area (Å²) in [5.41, 5.74) is 9.82. The van der Waals surface area contributed by atoms with Gasteiger partial charge in [0.2, 0.25) is 5.95 Å². The second kappa shape index (κ2) is 7.67. The van der Waals surface area contributed by atoms with Gasteiger partial charge in [-0.1, -0.05) is 12.1 Å². The van der Waals surface area contributed by atoms with Crippen molar-refractivity contribution in [3.63, 3.8) is 0 Å². The summed E-state index contributed by atoms with van der Waals surface area (Å²) >= 11 is 0. The number of nitrogens with zero attached hydrogens (tertiary/aromatic N) is 3. The number of ether oxygens (including phenoxy) is 3. The topological polar surface area (TPSA) is 91.9 Å². The van der Waals surface area contributed by atoms with Crippen LogP contribution in [0, 0.1) is 5.95 Å². The summed E-state index contributed by atoms with van der Waals surface area (Å²) in [6.07, 6.45) is 6.69. The zero-order valence-electron chi connectivity index (χ0n) is 17.8. The molecule has 6 rings (SSSR count). The van der Waals surface area contributed by atoms with Crippen LogP contribution >= 0.6 is 0 Å². The van der Waals surface area contributed by atoms with E-state index in [1.807, 2.05) is 24.3 Å². The second-order valence-electron chi connectivity index (χ2n) is 8.20. The van der Waals surface area contributed by atoms with E-state index in [9.17, 15) is 4.39 Å². The number of fused-ring (bicyclic) bond motifs is 4. The Morgan fingerprint density at radius 1 is 1.03 bits per heavy atom. The van der Waals surface area contributed by atoms with Gasteiger partial charge in [-0.2, -0.15) is 4.39 Å². The maximum absolute atomic E-state index is 14.5. The van der Waals surface area contributed by atoms with Crippen LogP contribution in [0.25, 0.3) is 16.7 Å². The van der Waals surface area contributed by atoms with E-state index >= 15 is 0 Å². The highest BCUT2D eigenvalue weighted by atomic mass is 19.1. The smallest absolute Gasteiger partial charge is 0.283 e. The number of aliphatic imine (C=N–C) groups is 1. The van der Waals surface area contributed by atoms with E-state index in [0.717, 1.165) is 28.8 Å². The lowest BCUT2D eigenvalue weighted by Crippen LogP contribution is -2.38. The van der Waals surface area contributed by atoms with Crippen LogP contribution in [0.4, 0.5) is 4.39 Å². The van der Waals surface area contributed by atoms with Gasteiger partial charge in [0.05, 0.1) is 31.7 Å². The Hall–Kier alpha value is -3.78. The van der Waals surface area contributed by atoms with E-state index < -0.39 is 11.5 Å². The summed E-state index contributed by atoms with van der Waals surface area (Å²) < 4.78 is 31.8. The summed E-state index contributed by atoms with van der Waals surface area (Å²) in [6.45, 7) is 1.61. The van der Waals surface area contributed by atoms with Crippen molar-refractivity contribution in [1.29, 1.82) is 0 Å². The van der Waals surface area contributed by atoms with Gasteiger partial charge in [0, 0.05) is 29.3 Å². The number of nitrogens with two attached hydrogens (primary N) is 1. The van der Waals surface area contributed by atoms with Crippen molar-refractivity contribution in [2.24, 2.45) is 10.7 Å². The zero-order chi connectivity index (χ0) is 22.4. The molecule has 0 amide bonds. The van der Waals surface area contributed by atoms with Crippen molar-refractivity contribution < 1.29 is 18.6 Å². The number of hydrogen-bond donors (Lipinski definition) is 1. The van der Waals surface area contributed by atoms with Crippen LogP contribution in [0.3, 0.4) is 0 Å². The van der Waals surface area contributed by atoms with Gasteiger partial charge in [0.15, 0.2) is 5.75 Å². The van der Waals surface area contributed by atoms with Crippen molar-refractivity contribution in [2.45, 2.75) is 18.4 Å². The third kappa shape index (κ3) is 3.25. The predicted molar refractivity (Wildman–Crippen MR) is 120 cm³/mol. The molecular weight excluding hydrogens is 423 g/mol. The minimum Gasteiger partial charge on any atom is -0.465 e. The highest BCUT2D eigenvalue weighted by molar-refractivity contribution is 5.77. The molecule has 2 N–H and O–H groups in total. The highest BCUT2D eigenvalue weighted by Gasteiger charge is 2.45. The second-order valence-corrected chi connectivity index (χ2v) is 8.20. The monoisotopic (exact) mass is 444 g/mol. The van der Waals surface area contributed by atoms with Crippen LogP contribution < -0.4 is 10.5 Å². The first-order valence-electron chi connectivity index (χ1n) is 10.8. The van der Waals surface area contributed by atoms with Gasteiger partial charge >= 0.3 is 0 Å². The van der Waals surface area contributed by atoms with Crippen LogP contribution in [0.5, 0.6) is 11.5 Å². The predicted octanol–water partition coefficient (Wildman–Crippen LogP) is 4.17. The maximum atomic E-state index is 14.5. The first-order chi connectivity index (χ1) is 16.1. The molecule has 8 heteroatoms. The Bertz CT molecular complexity index is 1320. The lowest BCUT2D eigenvalue weighted by Gasteiger charge is -2.39. The Kier molecular flexibility index (Phi) is 4.62. The van der Waals surface area contributed by atoms with Gasteiger partial charge < -0.3 is 19.9 Å². The molecule has 5 heterocycles. The van der Waals surface area contributed by atoms with Crippen molar-refractivity contribution in [1.82, 2.24) is 9.97 Å². The molecule has 1 atom stereocenters. The Morgan fingerprint density at radius 3 is 2.76 bits per heavy atom. The molecule has 0 radical (unpaired) electrons. The average molecular weight is 444 g/mol. The standard InChI is InChI=1S/C25H21FN4O3/c26-23-17(4-1-8-28-23)15-5-6-21-18(11-15)25(7-10-32-24(27)30-25)19-12-20(29-13-22(19)33-21)16-3-2-9-31-14-16/h1,3-6,8,11-13H,2,7,9-10,14H2,(H2,27,30). The highest BCUT2D eigenvalue weighted by Crippen LogP contribution is 2.52. The molecule has 3 aliphatic heterocycles. The molecular formula is C25H21FN4O3. The molecule has 2 aromatic heterocycles. The molecule has 7 nitrogen and oxygen atoms in total. The number of aromatic nitrogens is 2. The minimum absolute atomic E-state index is 0.108. The van der Waals surface area contributed by atoms with Crippen molar-refractivity contribution in [2.75, 3.05) is 19.8 Å². The third-order valence-electron chi connectivity index (χ3n) is 6.28. The minimum atomic E-state index is -0.840. The SMILES string of the molecule is NC1=NC2(CCO1)c1cc(-c3cccnc3F)ccc1Oc1cnc(C3=CCCOC3)cc12. The van der Waals surface area contributed by atoms with Crippen LogP contribution in [0.1, 0.15) is 29.7 Å². The van der Waals surface area contributed by atoms with E-state index in [2.05, 4.69) is 16.0 Å². The molecule has 0 saturated carbocycles. The van der Waals surface area contributed by atoms with Gasteiger partial charge in [-0.3, -0.25) is 4.98 Å². The molecule has 1 spiro atoms. The van der Waals surface area contributed by atoms with Crippen LogP contribution in [0.15, 0.2) is 59.9 Å². The van der Waals surface area contributed by atoms with Crippen molar-refractivity contribution in [3.05, 3.63) is 77.6 Å². The van der Waals surface area contributed by atoms with Crippen molar-refractivity contribution >= 4 is 11.6 Å². The molecule has 33 heavy (non-hydrogen) atoms. The molecule has 3 aromatic rings. The fourth-order valence-corrected chi connectivity index (χ4v) is 4.70. The molecule has 0 bridgehead atoms. The molecule has 0 aliphatic carbocycles. The van der Waals surface area contributed by atoms with E-state index in [4.69, 9.17) is 24.9 Å². The van der Waals surface area contributed by atoms with Gasteiger partial charge in [-0.15, -0.1) is 0 Å². The quantitative estimate of drug-likeness (QED) is 0.597. The van der Waals surface area contributed by atoms with E-state index in [1.54, 1.807) is 18.3 Å². The van der Waals surface area contributed by atoms with Crippen molar-refractivity contribution in [3.8, 4) is 22.6 Å². The Balaban J connectivity index is 1.56. The average Bonchev–Trinajstić information content (AvgIpc) is 2.85. The largest absolute Gasteiger partial charge is 0.465 e. The van der Waals surface area contributed by atoms with Crippen LogP contribution in [-0.4, -0.2) is 35.8 Å². The lowest BCUT2D eigenvalue weighted by molar-refractivity contribution is 0.164. The molecule has 0 fully saturated rings. The Labute approximate surface area is 189 Å². The summed E-state index contributed by atoms with van der Waals surface area (Å²) in [4.78, 5) is 13.2. The van der Waals surface area contributed by atoms with E-state index in [1.165, 1.54) is 6.20 Å². The number of benzene rings is 1. The first-order valence-corrected chi connectivity index (χ1v) is 10.8. The van der Waals surface area contributed by atoms with Gasteiger partial charge in [-0.25, -0.2) is 9.98 Å². The van der Waals surface area contributed by atoms with E-state index in [-0.39, 0.29) is 6.02 Å². The summed E-state index contributed by atoms with van der Waals surface area (Å²) in [6, 6.07) is 11.1. The van der Waals surface area contributed by atoms with Gasteiger partial charge in [0.25, 0.3) is 6.02 Å². The van der Waals surface area contributed by atoms with Gasteiger partial charge in [-0.05, 0) is 47.9 Å². The summed E-state index contributed by atoms with van der Waals surface area (Å²) in [5.74, 6) is 0.709. The maximum Gasteiger partial charge on any atom is 0.283 e. The van der Waals surface area contributed by atoms with Crippen LogP contribution in [-0.2, 0) is 15.0 Å². The number of hydrogen-bond acceptors (Lipinski definition) is 7. The normalized spacial score (nSPS) is 21.2. The fourth-order valence-electron chi connectivity index (χ4n) is 4.70. The fraction of sp³-hybridized carbons (Fsp3) is 0.240. The third-order valence-corrected chi connectivity index (χ3v) is 6.28. The number of rotatable bonds is 2. The Morgan fingerprint density at radius 2 is 1.94 bits per heavy atom. The number of halogens is 1. The molecule has 1 unspecified atom stereocenters. The number of amidine groups is 1. The zero-order valence-corrected chi connectivity index (χ0v) is 17.8. The first kappa shape index (κ1) is 19.9. The van der Waals surface area contributed by atoms with E-state index in [0.29, 0.717) is 48.9 Å². The summed E-state index contributed by atoms with van der Waals surface area (Å²) in [5, 5.41) is 0. The molecule has 166 valence electrons. The molecule has 3 aliphatic rings. The molecule has 0 saturated heterocycles. The summed E-state index contributed by atoms with van der Waals surface area (Å²) in [7, 11) is 0. The molecule has 1 aromatic carbocycles. The lowest BCUT2D eigenvalue weighted by atomic mass is 9.77.